The molecule has 1 fully saturated rings. The number of rotatable bonds is 8. The van der Waals surface area contributed by atoms with Gasteiger partial charge < -0.3 is 50.5 Å². The minimum atomic E-state index is -5.47. The summed E-state index contributed by atoms with van der Waals surface area (Å²) in [6.45, 7) is -1.01. The Morgan fingerprint density at radius 3 is 2.50 bits per heavy atom. The van der Waals surface area contributed by atoms with Crippen LogP contribution in [-0.2, 0) is 27.3 Å². The van der Waals surface area contributed by atoms with Crippen LogP contribution in [0.25, 0.3) is 0 Å². The largest absolute Gasteiger partial charge is 0.480 e. The summed E-state index contributed by atoms with van der Waals surface area (Å²) in [5, 5.41) is 23.3. The van der Waals surface area contributed by atoms with Gasteiger partial charge in [-0.05, 0) is 0 Å². The fraction of sp³-hybridized carbons (Fsp3) is 0.600. The Bertz CT molecular complexity index is 1080. The fourth-order valence-electron chi connectivity index (χ4n) is 2.95. The highest BCUT2D eigenvalue weighted by atomic mass is 31.3. The van der Waals surface area contributed by atoms with Crippen molar-refractivity contribution >= 4 is 40.6 Å². The van der Waals surface area contributed by atoms with Crippen molar-refractivity contribution in [2.24, 2.45) is 0 Å². The number of aromatic amines is 1. The van der Waals surface area contributed by atoms with Gasteiger partial charge in [-0.2, -0.15) is 9.29 Å². The second-order valence-corrected chi connectivity index (χ2v) is 11.3. The second-order valence-electron chi connectivity index (χ2n) is 6.52. The summed E-state index contributed by atoms with van der Waals surface area (Å²) in [7, 11) is -16.2. The third-order valence-electron chi connectivity index (χ3n) is 4.16. The first-order valence-electron chi connectivity index (χ1n) is 8.37. The van der Waals surface area contributed by atoms with Crippen LogP contribution in [0.2, 0.25) is 0 Å². The first-order valence-corrected chi connectivity index (χ1v) is 13.1. The Labute approximate surface area is 177 Å². The van der Waals surface area contributed by atoms with Crippen LogP contribution in [0.15, 0.2) is 4.79 Å². The third-order valence-corrected chi connectivity index (χ3v) is 8.40. The molecular formula is C10H19N6O13P3. The van der Waals surface area contributed by atoms with Crippen molar-refractivity contribution in [1.29, 1.82) is 0 Å². The molecule has 1 saturated heterocycles. The minimum Gasteiger partial charge on any atom is -0.387 e. The molecule has 0 amide bonds. The number of nitrogens with one attached hydrogen (secondary N) is 3. The topological polar surface area (TPSA) is 299 Å². The normalized spacial score (nSPS) is 29.2. The first kappa shape index (κ1) is 25.2. The Kier molecular flexibility index (Phi) is 6.88. The highest BCUT2D eigenvalue weighted by Gasteiger charge is 2.49. The first-order chi connectivity index (χ1) is 14.6. The van der Waals surface area contributed by atoms with Gasteiger partial charge in [0.2, 0.25) is 0 Å². The van der Waals surface area contributed by atoms with Crippen molar-refractivity contribution in [3.05, 3.63) is 10.5 Å². The lowest BCUT2D eigenvalue weighted by Gasteiger charge is -2.26. The number of H-pyrrole nitrogens is 1. The molecule has 182 valence electrons. The molecule has 0 aliphatic carbocycles. The summed E-state index contributed by atoms with van der Waals surface area (Å²) in [4.78, 5) is 55.6. The molecule has 2 aliphatic heterocycles. The van der Waals surface area contributed by atoms with Gasteiger partial charge >= 0.3 is 29.0 Å². The molecule has 1 aromatic heterocycles. The van der Waals surface area contributed by atoms with Gasteiger partial charge in [0, 0.05) is 0 Å². The van der Waals surface area contributed by atoms with Crippen molar-refractivity contribution in [3.8, 4) is 0 Å². The van der Waals surface area contributed by atoms with Gasteiger partial charge in [0.05, 0.1) is 13.3 Å². The van der Waals surface area contributed by atoms with Crippen LogP contribution in [0, 0.1) is 0 Å². The lowest BCUT2D eigenvalue weighted by Crippen LogP contribution is -2.44. The van der Waals surface area contributed by atoms with Gasteiger partial charge in [-0.25, -0.2) is 18.5 Å². The zero-order chi connectivity index (χ0) is 24.1. The average Bonchev–Trinajstić information content (AvgIpc) is 3.12. The molecule has 22 heteroatoms. The molecule has 2 aliphatic rings. The molecule has 0 saturated carbocycles. The van der Waals surface area contributed by atoms with Crippen LogP contribution in [0.4, 0.5) is 17.3 Å². The quantitative estimate of drug-likeness (QED) is 0.151. The second kappa shape index (κ2) is 8.73. The Balaban J connectivity index is 1.67. The van der Waals surface area contributed by atoms with E-state index in [1.807, 2.05) is 0 Å². The van der Waals surface area contributed by atoms with Gasteiger partial charge in [0.15, 0.2) is 12.0 Å². The number of nitrogens with two attached hydrogens (primary N) is 1. The molecule has 2 unspecified atom stereocenters. The molecule has 0 spiro atoms. The maximum atomic E-state index is 11.8. The molecule has 32 heavy (non-hydrogen) atoms. The predicted molar refractivity (Wildman–Crippen MR) is 103 cm³/mol. The SMILES string of the molecule is Nc1[nH]c(=O)nc2c1NCN2[C@@H]1O[C@H](COP(=O)(O)OP(=O)(O)NP(=O)(O)O)[C@@H](O)[C@H]1O. The van der Waals surface area contributed by atoms with Crippen molar-refractivity contribution < 1.29 is 57.1 Å². The van der Waals surface area contributed by atoms with Crippen LogP contribution in [0.5, 0.6) is 0 Å². The van der Waals surface area contributed by atoms with E-state index in [0.29, 0.717) is 0 Å². The molecule has 0 aromatic carbocycles. The fourth-order valence-corrected chi connectivity index (χ4v) is 6.38. The average molecular weight is 524 g/mol. The highest BCUT2D eigenvalue weighted by Crippen LogP contribution is 2.61. The summed E-state index contributed by atoms with van der Waals surface area (Å²) >= 11 is 0. The van der Waals surface area contributed by atoms with Crippen LogP contribution in [0.1, 0.15) is 0 Å². The Hall–Kier alpha value is -1.43. The number of hydrogen-bond donors (Lipinski definition) is 10. The van der Waals surface area contributed by atoms with Crippen molar-refractivity contribution in [2.75, 3.05) is 29.2 Å². The third kappa shape index (κ3) is 5.73. The number of aliphatic hydroxyl groups is 2. The van der Waals surface area contributed by atoms with Crippen molar-refractivity contribution in [3.63, 3.8) is 0 Å². The van der Waals surface area contributed by atoms with E-state index in [0.717, 1.165) is 4.86 Å². The summed E-state index contributed by atoms with van der Waals surface area (Å²) in [6, 6.07) is 0. The van der Waals surface area contributed by atoms with E-state index >= 15 is 0 Å². The van der Waals surface area contributed by atoms with E-state index in [-0.39, 0.29) is 24.0 Å². The van der Waals surface area contributed by atoms with E-state index in [2.05, 4.69) is 24.1 Å². The van der Waals surface area contributed by atoms with Crippen LogP contribution >= 0.6 is 23.3 Å². The smallest absolute Gasteiger partial charge is 0.387 e. The summed E-state index contributed by atoms with van der Waals surface area (Å²) < 4.78 is 47.7. The molecule has 1 aromatic rings. The maximum absolute atomic E-state index is 11.8. The van der Waals surface area contributed by atoms with E-state index in [4.69, 9.17) is 20.3 Å². The number of phosphoric ester groups is 1. The Morgan fingerprint density at radius 1 is 1.22 bits per heavy atom. The molecule has 19 nitrogen and oxygen atoms in total. The van der Waals surface area contributed by atoms with E-state index in [1.165, 1.54) is 4.90 Å². The lowest BCUT2D eigenvalue weighted by atomic mass is 10.1. The predicted octanol–water partition coefficient (Wildman–Crippen LogP) is -3.10. The summed E-state index contributed by atoms with van der Waals surface area (Å²) in [5.41, 5.74) is 5.12. The zero-order valence-corrected chi connectivity index (χ0v) is 18.3. The number of nitrogen functional groups attached to an aromatic ring is 1. The summed E-state index contributed by atoms with van der Waals surface area (Å²) in [5.74, 6) is -0.0314. The number of aliphatic hydroxyl groups excluding tert-OH is 2. The van der Waals surface area contributed by atoms with Gasteiger partial charge in [0.1, 0.15) is 29.8 Å². The highest BCUT2D eigenvalue weighted by molar-refractivity contribution is 7.70. The zero-order valence-electron chi connectivity index (χ0n) is 15.6. The number of hydrogen-bond acceptors (Lipinski definition) is 13. The molecule has 0 bridgehead atoms. The summed E-state index contributed by atoms with van der Waals surface area (Å²) in [6.07, 6.45) is -6.12. The number of anilines is 3. The van der Waals surface area contributed by atoms with Crippen LogP contribution in [0.3, 0.4) is 0 Å². The van der Waals surface area contributed by atoms with Gasteiger partial charge in [-0.15, -0.1) is 4.86 Å². The number of nitrogens with zero attached hydrogens (tertiary/aromatic N) is 2. The number of fused-ring (bicyclic) bond motifs is 1. The van der Waals surface area contributed by atoms with Gasteiger partial charge in [-0.1, -0.05) is 0 Å². The standard InChI is InChI=1S/C10H19N6O13P3/c11-7-4-8(14-10(19)13-7)16(2-12-4)9-6(18)5(17)3(28-9)1-27-32(25,26)29-31(23,24)15-30(20,21)22/h3,5-6,9,12,17-18H,1-2H2,(H,25,26)(H3,11,13,14,19)(H4,15,20,21,22,23,24)/t3-,5-,6-,9-/m1/s1. The van der Waals surface area contributed by atoms with E-state index < -0.39 is 60.2 Å². The molecule has 6 atom stereocenters. The molecule has 0 radical (unpaired) electrons. The van der Waals surface area contributed by atoms with E-state index in [9.17, 15) is 38.5 Å². The molecule has 11 N–H and O–H groups in total. The van der Waals surface area contributed by atoms with E-state index in [1.54, 1.807) is 0 Å². The number of ether oxygens (including phenoxy) is 1. The number of phosphoric acid groups is 1. The molecule has 3 heterocycles. The van der Waals surface area contributed by atoms with Gasteiger partial charge in [-0.3, -0.25) is 9.51 Å². The van der Waals surface area contributed by atoms with Crippen molar-refractivity contribution in [1.82, 2.24) is 14.8 Å². The van der Waals surface area contributed by atoms with Crippen molar-refractivity contribution in [2.45, 2.75) is 24.5 Å². The monoisotopic (exact) mass is 524 g/mol. The van der Waals surface area contributed by atoms with Crippen LogP contribution in [-0.4, -0.2) is 77.6 Å². The molecule has 3 rings (SSSR count). The lowest BCUT2D eigenvalue weighted by molar-refractivity contribution is -0.0212. The van der Waals surface area contributed by atoms with Gasteiger partial charge in [0.25, 0.3) is 0 Å². The maximum Gasteiger partial charge on any atom is 0.480 e. The molecular weight excluding hydrogens is 505 g/mol. The van der Waals surface area contributed by atoms with Crippen LogP contribution < -0.4 is 26.5 Å². The minimum absolute atomic E-state index is 0.00459. The number of aromatic nitrogens is 2. The Morgan fingerprint density at radius 2 is 1.88 bits per heavy atom.